The Hall–Kier alpha value is -2.82. The quantitative estimate of drug-likeness (QED) is 0.288. The summed E-state index contributed by atoms with van der Waals surface area (Å²) >= 11 is 0. The summed E-state index contributed by atoms with van der Waals surface area (Å²) < 4.78 is 65.3. The molecular weight excluding hydrogens is 476 g/mol. The van der Waals surface area contributed by atoms with E-state index in [0.717, 1.165) is 48.8 Å². The lowest BCUT2D eigenvalue weighted by Crippen LogP contribution is -2.30. The van der Waals surface area contributed by atoms with Gasteiger partial charge >= 0.3 is 0 Å². The number of halogens is 4. The molecule has 0 aliphatic heterocycles. The molecule has 196 valence electrons. The van der Waals surface area contributed by atoms with Crippen molar-refractivity contribution in [1.82, 2.24) is 0 Å². The number of rotatable bonds is 7. The van der Waals surface area contributed by atoms with Gasteiger partial charge in [0.05, 0.1) is 5.56 Å². The van der Waals surface area contributed by atoms with Gasteiger partial charge in [0.25, 0.3) is 0 Å². The molecule has 0 amide bonds. The molecule has 5 rings (SSSR count). The van der Waals surface area contributed by atoms with Crippen LogP contribution in [0.3, 0.4) is 0 Å². The molecular formula is C32H34F4O. The van der Waals surface area contributed by atoms with Crippen LogP contribution in [0.25, 0.3) is 11.1 Å². The van der Waals surface area contributed by atoms with E-state index in [9.17, 15) is 8.78 Å². The third-order valence-electron chi connectivity index (χ3n) is 8.47. The van der Waals surface area contributed by atoms with E-state index in [1.165, 1.54) is 44.2 Å². The second kappa shape index (κ2) is 11.3. The van der Waals surface area contributed by atoms with Crippen molar-refractivity contribution in [2.45, 2.75) is 70.8 Å². The number of benzene rings is 3. The predicted octanol–water partition coefficient (Wildman–Crippen LogP) is 9.59. The van der Waals surface area contributed by atoms with E-state index in [-0.39, 0.29) is 18.1 Å². The van der Waals surface area contributed by atoms with E-state index < -0.39 is 34.6 Å². The van der Waals surface area contributed by atoms with Gasteiger partial charge in [-0.05, 0) is 96.7 Å². The maximum Gasteiger partial charge on any atom is 0.191 e. The highest BCUT2D eigenvalue weighted by molar-refractivity contribution is 5.66. The van der Waals surface area contributed by atoms with Crippen LogP contribution in [0.2, 0.25) is 0 Å². The smallest absolute Gasteiger partial charge is 0.191 e. The van der Waals surface area contributed by atoms with Crippen LogP contribution in [-0.2, 0) is 6.61 Å². The van der Waals surface area contributed by atoms with Gasteiger partial charge in [0, 0.05) is 0 Å². The number of ether oxygens (including phenoxy) is 1. The lowest BCUT2D eigenvalue weighted by molar-refractivity contribution is 0.114. The molecule has 0 heterocycles. The molecule has 0 spiro atoms. The molecule has 2 fully saturated rings. The molecule has 0 N–H and O–H groups in total. The van der Waals surface area contributed by atoms with Gasteiger partial charge in [0.1, 0.15) is 18.2 Å². The normalized spacial score (nSPS) is 23.5. The van der Waals surface area contributed by atoms with Crippen molar-refractivity contribution in [3.63, 3.8) is 0 Å². The van der Waals surface area contributed by atoms with E-state index in [2.05, 4.69) is 6.92 Å². The van der Waals surface area contributed by atoms with Crippen molar-refractivity contribution in [1.29, 1.82) is 0 Å². The van der Waals surface area contributed by atoms with E-state index in [4.69, 9.17) is 4.74 Å². The van der Waals surface area contributed by atoms with Gasteiger partial charge in [-0.25, -0.2) is 17.6 Å². The molecule has 0 aromatic heterocycles. The third kappa shape index (κ3) is 5.71. The van der Waals surface area contributed by atoms with E-state index in [1.54, 1.807) is 24.3 Å². The Morgan fingerprint density at radius 1 is 0.757 bits per heavy atom. The first-order chi connectivity index (χ1) is 17.9. The Bertz CT molecular complexity index is 1180. The van der Waals surface area contributed by atoms with E-state index >= 15 is 8.78 Å². The van der Waals surface area contributed by atoms with Crippen LogP contribution in [0, 0.1) is 41.0 Å². The first kappa shape index (κ1) is 25.8. The van der Waals surface area contributed by atoms with Crippen LogP contribution >= 0.6 is 0 Å². The molecule has 0 saturated heterocycles. The Morgan fingerprint density at radius 2 is 1.41 bits per heavy atom. The summed E-state index contributed by atoms with van der Waals surface area (Å²) in [6.07, 6.45) is 9.25. The molecule has 2 aliphatic rings. The van der Waals surface area contributed by atoms with Crippen LogP contribution in [0.4, 0.5) is 17.6 Å². The van der Waals surface area contributed by atoms with Gasteiger partial charge in [0.15, 0.2) is 17.4 Å². The van der Waals surface area contributed by atoms with Crippen LogP contribution < -0.4 is 4.74 Å². The minimum atomic E-state index is -0.995. The summed E-state index contributed by atoms with van der Waals surface area (Å²) in [4.78, 5) is 0. The van der Waals surface area contributed by atoms with Crippen molar-refractivity contribution in [2.75, 3.05) is 0 Å². The molecule has 1 nitrogen and oxygen atoms in total. The SMILES string of the molecule is CCCC1CC[C@@H]2C[C@H](c3cc(F)c(-c4cc(F)c(OCc5ccccc5)c(F)c4)c(F)c3)CC[C@@H]2C1. The highest BCUT2D eigenvalue weighted by atomic mass is 19.1. The van der Waals surface area contributed by atoms with Crippen LogP contribution in [0.5, 0.6) is 5.75 Å². The zero-order valence-electron chi connectivity index (χ0n) is 21.3. The summed E-state index contributed by atoms with van der Waals surface area (Å²) in [5.41, 5.74) is 0.809. The lowest BCUT2D eigenvalue weighted by Gasteiger charge is -2.42. The summed E-state index contributed by atoms with van der Waals surface area (Å²) in [7, 11) is 0. The average Bonchev–Trinajstić information content (AvgIpc) is 2.88. The molecule has 2 saturated carbocycles. The molecule has 3 aromatic carbocycles. The number of fused-ring (bicyclic) bond motifs is 1. The second-order valence-electron chi connectivity index (χ2n) is 10.9. The van der Waals surface area contributed by atoms with E-state index in [0.29, 0.717) is 11.5 Å². The predicted molar refractivity (Wildman–Crippen MR) is 138 cm³/mol. The Kier molecular flexibility index (Phi) is 7.87. The average molecular weight is 511 g/mol. The molecule has 5 heteroatoms. The molecule has 37 heavy (non-hydrogen) atoms. The first-order valence-corrected chi connectivity index (χ1v) is 13.6. The third-order valence-corrected chi connectivity index (χ3v) is 8.47. The largest absolute Gasteiger partial charge is 0.483 e. The molecule has 1 unspecified atom stereocenters. The fourth-order valence-corrected chi connectivity index (χ4v) is 6.64. The van der Waals surface area contributed by atoms with Gasteiger partial charge < -0.3 is 4.74 Å². The fourth-order valence-electron chi connectivity index (χ4n) is 6.64. The zero-order chi connectivity index (χ0) is 25.9. The summed E-state index contributed by atoms with van der Waals surface area (Å²) in [6.45, 7) is 2.22. The maximum absolute atomic E-state index is 15.2. The summed E-state index contributed by atoms with van der Waals surface area (Å²) in [6, 6.07) is 13.6. The Labute approximate surface area is 216 Å². The lowest BCUT2D eigenvalue weighted by atomic mass is 9.63. The Balaban J connectivity index is 1.32. The number of hydrogen-bond donors (Lipinski definition) is 0. The topological polar surface area (TPSA) is 9.23 Å². The Morgan fingerprint density at radius 3 is 2.08 bits per heavy atom. The second-order valence-corrected chi connectivity index (χ2v) is 10.9. The monoisotopic (exact) mass is 510 g/mol. The number of hydrogen-bond acceptors (Lipinski definition) is 1. The minimum Gasteiger partial charge on any atom is -0.483 e. The van der Waals surface area contributed by atoms with Gasteiger partial charge in [0.2, 0.25) is 0 Å². The van der Waals surface area contributed by atoms with Crippen LogP contribution in [0.1, 0.15) is 75.3 Å². The zero-order valence-corrected chi connectivity index (χ0v) is 21.3. The molecule has 2 aliphatic carbocycles. The summed E-state index contributed by atoms with van der Waals surface area (Å²) in [5, 5.41) is 0. The minimum absolute atomic E-state index is 0.0199. The highest BCUT2D eigenvalue weighted by Gasteiger charge is 2.36. The van der Waals surface area contributed by atoms with Crippen molar-refractivity contribution < 1.29 is 22.3 Å². The molecule has 0 bridgehead atoms. The van der Waals surface area contributed by atoms with Gasteiger partial charge in [-0.1, -0.05) is 56.5 Å². The fraction of sp³-hybridized carbons (Fsp3) is 0.438. The van der Waals surface area contributed by atoms with Gasteiger partial charge in [-0.15, -0.1) is 0 Å². The van der Waals surface area contributed by atoms with Gasteiger partial charge in [-0.2, -0.15) is 0 Å². The van der Waals surface area contributed by atoms with Crippen molar-refractivity contribution in [3.8, 4) is 16.9 Å². The van der Waals surface area contributed by atoms with Crippen molar-refractivity contribution in [3.05, 3.63) is 89.0 Å². The maximum atomic E-state index is 15.2. The van der Waals surface area contributed by atoms with Gasteiger partial charge in [-0.3, -0.25) is 0 Å². The van der Waals surface area contributed by atoms with Crippen LogP contribution in [-0.4, -0.2) is 0 Å². The van der Waals surface area contributed by atoms with Crippen molar-refractivity contribution in [2.24, 2.45) is 17.8 Å². The van der Waals surface area contributed by atoms with Crippen molar-refractivity contribution >= 4 is 0 Å². The van der Waals surface area contributed by atoms with Crippen LogP contribution in [0.15, 0.2) is 54.6 Å². The molecule has 3 aromatic rings. The molecule has 0 radical (unpaired) electrons. The standard InChI is InChI=1S/C32H34F4O/c1-2-6-20-9-10-23-14-24(12-11-22(23)13-20)25-15-27(33)31(28(34)16-25)26-17-29(35)32(30(36)18-26)37-19-21-7-4-3-5-8-21/h3-5,7-8,15-18,20,22-24H,2,6,9-14,19H2,1H3/t20?,22-,23-,24-/m1/s1. The summed E-state index contributed by atoms with van der Waals surface area (Å²) in [5.74, 6) is -1.85. The first-order valence-electron chi connectivity index (χ1n) is 13.6. The highest BCUT2D eigenvalue weighted by Crippen LogP contribution is 2.49. The molecule has 4 atom stereocenters. The van der Waals surface area contributed by atoms with E-state index in [1.807, 2.05) is 6.07 Å².